The van der Waals surface area contributed by atoms with Crippen molar-refractivity contribution in [1.29, 1.82) is 0 Å². The van der Waals surface area contributed by atoms with Gasteiger partial charge in [0.25, 0.3) is 5.91 Å². The molecule has 2 heterocycles. The van der Waals surface area contributed by atoms with Crippen molar-refractivity contribution >= 4 is 22.7 Å². The van der Waals surface area contributed by atoms with Gasteiger partial charge >= 0.3 is 0 Å². The Kier molecular flexibility index (Phi) is 6.71. The van der Waals surface area contributed by atoms with Gasteiger partial charge in [0.1, 0.15) is 5.75 Å². The Balaban J connectivity index is 1.34. The SMILES string of the molecule is COc1ccc(C[C@H]2N[C@H](C(=O)NCc3ccc(C(=O)NO)cc3)Cc3c2[nH]c2ccccc32)cc1. The summed E-state index contributed by atoms with van der Waals surface area (Å²) in [7, 11) is 1.65. The minimum absolute atomic E-state index is 0.0541. The van der Waals surface area contributed by atoms with E-state index in [1.54, 1.807) is 36.9 Å². The van der Waals surface area contributed by atoms with Crippen molar-refractivity contribution in [3.8, 4) is 5.75 Å². The molecule has 2 amide bonds. The number of fused-ring (bicyclic) bond motifs is 3. The minimum Gasteiger partial charge on any atom is -0.497 e. The van der Waals surface area contributed by atoms with E-state index in [1.807, 2.05) is 36.4 Å². The van der Waals surface area contributed by atoms with Crippen LogP contribution in [-0.2, 0) is 24.2 Å². The van der Waals surface area contributed by atoms with E-state index in [9.17, 15) is 9.59 Å². The van der Waals surface area contributed by atoms with Crippen LogP contribution >= 0.6 is 0 Å². The van der Waals surface area contributed by atoms with Crippen LogP contribution < -0.4 is 20.9 Å². The van der Waals surface area contributed by atoms with Crippen LogP contribution in [0.4, 0.5) is 0 Å². The average Bonchev–Trinajstić information content (AvgIpc) is 3.31. The highest BCUT2D eigenvalue weighted by Crippen LogP contribution is 2.33. The number of hydroxylamine groups is 1. The number of H-pyrrole nitrogens is 1. The number of aromatic amines is 1. The second-order valence-corrected chi connectivity index (χ2v) is 8.95. The van der Waals surface area contributed by atoms with Gasteiger partial charge in [0.2, 0.25) is 5.91 Å². The molecule has 8 heteroatoms. The average molecular weight is 485 g/mol. The van der Waals surface area contributed by atoms with E-state index in [-0.39, 0.29) is 18.0 Å². The molecule has 184 valence electrons. The van der Waals surface area contributed by atoms with Gasteiger partial charge in [0.05, 0.1) is 19.2 Å². The van der Waals surface area contributed by atoms with Crippen molar-refractivity contribution < 1.29 is 19.5 Å². The van der Waals surface area contributed by atoms with Crippen LogP contribution in [0.25, 0.3) is 10.9 Å². The van der Waals surface area contributed by atoms with Gasteiger partial charge in [-0.05, 0) is 59.9 Å². The number of ether oxygens (including phenoxy) is 1. The maximum atomic E-state index is 13.2. The normalized spacial score (nSPS) is 16.8. The second-order valence-electron chi connectivity index (χ2n) is 8.95. The molecule has 1 aliphatic rings. The van der Waals surface area contributed by atoms with Gasteiger partial charge in [-0.2, -0.15) is 0 Å². The van der Waals surface area contributed by atoms with Crippen molar-refractivity contribution in [2.24, 2.45) is 0 Å². The highest BCUT2D eigenvalue weighted by molar-refractivity contribution is 5.93. The summed E-state index contributed by atoms with van der Waals surface area (Å²) in [5.41, 5.74) is 7.31. The zero-order valence-corrected chi connectivity index (χ0v) is 19.9. The smallest absolute Gasteiger partial charge is 0.274 e. The van der Waals surface area contributed by atoms with E-state index in [0.717, 1.165) is 39.9 Å². The Bertz CT molecular complexity index is 1380. The first-order valence-electron chi connectivity index (χ1n) is 11.8. The summed E-state index contributed by atoms with van der Waals surface area (Å²) in [4.78, 5) is 28.3. The monoisotopic (exact) mass is 484 g/mol. The number of rotatable bonds is 7. The molecule has 36 heavy (non-hydrogen) atoms. The Morgan fingerprint density at radius 3 is 2.44 bits per heavy atom. The Labute approximate surface area is 208 Å². The molecule has 2 atom stereocenters. The number of hydrogen-bond acceptors (Lipinski definition) is 5. The maximum absolute atomic E-state index is 13.2. The van der Waals surface area contributed by atoms with Gasteiger partial charge in [0.15, 0.2) is 0 Å². The molecule has 1 aliphatic heterocycles. The van der Waals surface area contributed by atoms with Gasteiger partial charge in [0, 0.05) is 28.7 Å². The van der Waals surface area contributed by atoms with Crippen molar-refractivity contribution in [1.82, 2.24) is 21.1 Å². The van der Waals surface area contributed by atoms with E-state index in [2.05, 4.69) is 27.8 Å². The summed E-state index contributed by atoms with van der Waals surface area (Å²) >= 11 is 0. The third-order valence-electron chi connectivity index (χ3n) is 6.71. The molecule has 0 unspecified atom stereocenters. The van der Waals surface area contributed by atoms with Gasteiger partial charge in [-0.1, -0.05) is 42.5 Å². The van der Waals surface area contributed by atoms with E-state index < -0.39 is 5.91 Å². The van der Waals surface area contributed by atoms with E-state index in [4.69, 9.17) is 9.94 Å². The number of aromatic nitrogens is 1. The van der Waals surface area contributed by atoms with Crippen LogP contribution in [0.3, 0.4) is 0 Å². The second kappa shape index (κ2) is 10.2. The maximum Gasteiger partial charge on any atom is 0.274 e. The number of carbonyl (C=O) groups is 2. The van der Waals surface area contributed by atoms with Crippen LogP contribution in [0.15, 0.2) is 72.8 Å². The fraction of sp³-hybridized carbons (Fsp3) is 0.214. The lowest BCUT2D eigenvalue weighted by Gasteiger charge is -2.31. The van der Waals surface area contributed by atoms with Gasteiger partial charge in [-0.15, -0.1) is 0 Å². The molecule has 4 aromatic rings. The predicted molar refractivity (Wildman–Crippen MR) is 136 cm³/mol. The van der Waals surface area contributed by atoms with E-state index in [0.29, 0.717) is 18.5 Å². The molecular formula is C28H28N4O4. The molecule has 0 bridgehead atoms. The number of amides is 2. The summed E-state index contributed by atoms with van der Waals surface area (Å²) in [5.74, 6) is 0.154. The molecule has 1 aromatic heterocycles. The Hall–Kier alpha value is -4.14. The van der Waals surface area contributed by atoms with Crippen molar-refractivity contribution in [3.05, 3.63) is 101 Å². The van der Waals surface area contributed by atoms with E-state index >= 15 is 0 Å². The number of carbonyl (C=O) groups excluding carboxylic acids is 2. The number of para-hydroxylation sites is 1. The first-order valence-corrected chi connectivity index (χ1v) is 11.8. The molecule has 5 N–H and O–H groups in total. The minimum atomic E-state index is -0.575. The third kappa shape index (κ3) is 4.82. The fourth-order valence-electron chi connectivity index (χ4n) is 4.81. The number of methoxy groups -OCH3 is 1. The van der Waals surface area contributed by atoms with Crippen LogP contribution in [0.2, 0.25) is 0 Å². The standard InChI is InChI=1S/C28H28N4O4/c1-36-20-12-8-17(9-13-20)14-24-26-22(21-4-2-3-5-23(21)31-26)15-25(30-24)28(34)29-16-18-6-10-19(11-7-18)27(33)32-35/h2-13,24-25,30-31,35H,14-16H2,1H3,(H,29,34)(H,32,33)/t24-,25+/m1/s1. The van der Waals surface area contributed by atoms with Gasteiger partial charge in [-0.25, -0.2) is 5.48 Å². The topological polar surface area (TPSA) is 115 Å². The predicted octanol–water partition coefficient (Wildman–Crippen LogP) is 3.41. The first kappa shape index (κ1) is 23.6. The van der Waals surface area contributed by atoms with Crippen LogP contribution in [0.1, 0.15) is 38.8 Å². The molecule has 0 radical (unpaired) electrons. The molecule has 0 aliphatic carbocycles. The summed E-state index contributed by atoms with van der Waals surface area (Å²) in [6, 6.07) is 22.5. The molecule has 3 aromatic carbocycles. The molecule has 8 nitrogen and oxygen atoms in total. The van der Waals surface area contributed by atoms with Crippen molar-refractivity contribution in [2.75, 3.05) is 7.11 Å². The molecule has 0 saturated carbocycles. The zero-order valence-electron chi connectivity index (χ0n) is 19.9. The quantitative estimate of drug-likeness (QED) is 0.204. The van der Waals surface area contributed by atoms with Crippen LogP contribution in [0, 0.1) is 0 Å². The lowest BCUT2D eigenvalue weighted by atomic mass is 9.90. The Morgan fingerprint density at radius 1 is 1.00 bits per heavy atom. The number of nitrogens with one attached hydrogen (secondary N) is 4. The zero-order chi connectivity index (χ0) is 25.1. The van der Waals surface area contributed by atoms with Gasteiger partial charge in [-0.3, -0.25) is 20.1 Å². The third-order valence-corrected chi connectivity index (χ3v) is 6.71. The summed E-state index contributed by atoms with van der Waals surface area (Å²) < 4.78 is 5.29. The molecule has 5 rings (SSSR count). The van der Waals surface area contributed by atoms with Crippen molar-refractivity contribution in [2.45, 2.75) is 31.5 Å². The summed E-state index contributed by atoms with van der Waals surface area (Å²) in [6.07, 6.45) is 1.31. The fourth-order valence-corrected chi connectivity index (χ4v) is 4.81. The summed E-state index contributed by atoms with van der Waals surface area (Å²) in [5, 5.41) is 16.5. The molecule has 0 spiro atoms. The van der Waals surface area contributed by atoms with Crippen molar-refractivity contribution in [3.63, 3.8) is 0 Å². The molecule has 0 saturated heterocycles. The van der Waals surface area contributed by atoms with Crippen LogP contribution in [0.5, 0.6) is 5.75 Å². The van der Waals surface area contributed by atoms with Crippen LogP contribution in [-0.4, -0.2) is 35.2 Å². The first-order chi connectivity index (χ1) is 17.6. The molecular weight excluding hydrogens is 456 g/mol. The lowest BCUT2D eigenvalue weighted by molar-refractivity contribution is -0.123. The largest absolute Gasteiger partial charge is 0.497 e. The highest BCUT2D eigenvalue weighted by Gasteiger charge is 2.33. The van der Waals surface area contributed by atoms with E-state index in [1.165, 1.54) is 5.56 Å². The number of hydrogen-bond donors (Lipinski definition) is 5. The summed E-state index contributed by atoms with van der Waals surface area (Å²) in [6.45, 7) is 0.335. The number of benzene rings is 3. The molecule has 0 fully saturated rings. The van der Waals surface area contributed by atoms with Gasteiger partial charge < -0.3 is 15.0 Å². The Morgan fingerprint density at radius 2 is 1.72 bits per heavy atom. The highest BCUT2D eigenvalue weighted by atomic mass is 16.5. The lowest BCUT2D eigenvalue weighted by Crippen LogP contribution is -2.49.